The van der Waals surface area contributed by atoms with E-state index in [0.717, 1.165) is 19.4 Å². The zero-order valence-corrected chi connectivity index (χ0v) is 11.6. The maximum atomic E-state index is 12.1. The van der Waals surface area contributed by atoms with Gasteiger partial charge in [-0.1, -0.05) is 0 Å². The Kier molecular flexibility index (Phi) is 3.64. The van der Waals surface area contributed by atoms with Gasteiger partial charge in [-0.15, -0.1) is 0 Å². The van der Waals surface area contributed by atoms with Gasteiger partial charge in [0, 0.05) is 25.9 Å². The third-order valence-electron chi connectivity index (χ3n) is 3.76. The SMILES string of the molecule is CC(C)(C)OC(=O)N1CCCC2CC(=O)CC2C1. The van der Waals surface area contributed by atoms with E-state index in [0.29, 0.717) is 37.0 Å². The Bertz CT molecular complexity index is 345. The number of hydrogen-bond acceptors (Lipinski definition) is 3. The van der Waals surface area contributed by atoms with E-state index in [-0.39, 0.29) is 6.09 Å². The van der Waals surface area contributed by atoms with Crippen molar-refractivity contribution in [2.45, 2.75) is 52.1 Å². The summed E-state index contributed by atoms with van der Waals surface area (Å²) < 4.78 is 5.41. The number of rotatable bonds is 0. The third kappa shape index (κ3) is 3.24. The van der Waals surface area contributed by atoms with Crippen molar-refractivity contribution in [2.24, 2.45) is 11.8 Å². The first-order valence-corrected chi connectivity index (χ1v) is 6.85. The minimum atomic E-state index is -0.450. The molecule has 0 radical (unpaired) electrons. The molecule has 0 spiro atoms. The fraction of sp³-hybridized carbons (Fsp3) is 0.857. The molecular weight excluding hydrogens is 230 g/mol. The van der Waals surface area contributed by atoms with Gasteiger partial charge in [-0.05, 0) is 45.4 Å². The predicted molar refractivity (Wildman–Crippen MR) is 68.3 cm³/mol. The highest BCUT2D eigenvalue weighted by Crippen LogP contribution is 2.35. The number of amides is 1. The molecule has 1 aliphatic carbocycles. The summed E-state index contributed by atoms with van der Waals surface area (Å²) in [5.74, 6) is 1.20. The van der Waals surface area contributed by atoms with Crippen LogP contribution in [-0.4, -0.2) is 35.5 Å². The van der Waals surface area contributed by atoms with Crippen LogP contribution in [0.15, 0.2) is 0 Å². The van der Waals surface area contributed by atoms with Crippen LogP contribution in [0.4, 0.5) is 4.79 Å². The van der Waals surface area contributed by atoms with Crippen LogP contribution >= 0.6 is 0 Å². The molecule has 2 unspecified atom stereocenters. The molecule has 4 heteroatoms. The lowest BCUT2D eigenvalue weighted by Crippen LogP contribution is -2.39. The Morgan fingerprint density at radius 3 is 2.61 bits per heavy atom. The first-order valence-electron chi connectivity index (χ1n) is 6.85. The van der Waals surface area contributed by atoms with Gasteiger partial charge in [0.1, 0.15) is 11.4 Å². The van der Waals surface area contributed by atoms with Crippen LogP contribution in [0.2, 0.25) is 0 Å². The molecule has 0 aromatic rings. The molecule has 4 nitrogen and oxygen atoms in total. The zero-order chi connectivity index (χ0) is 13.3. The average Bonchev–Trinajstić information content (AvgIpc) is 2.43. The summed E-state index contributed by atoms with van der Waals surface area (Å²) in [6, 6.07) is 0. The predicted octanol–water partition coefficient (Wildman–Crippen LogP) is 2.61. The number of carbonyl (C=O) groups excluding carboxylic acids is 2. The number of nitrogens with zero attached hydrogens (tertiary/aromatic N) is 1. The van der Waals surface area contributed by atoms with E-state index in [2.05, 4.69) is 0 Å². The van der Waals surface area contributed by atoms with Crippen molar-refractivity contribution in [3.05, 3.63) is 0 Å². The van der Waals surface area contributed by atoms with Gasteiger partial charge in [0.25, 0.3) is 0 Å². The summed E-state index contributed by atoms with van der Waals surface area (Å²) >= 11 is 0. The summed E-state index contributed by atoms with van der Waals surface area (Å²) in [5, 5.41) is 0. The molecule has 2 rings (SSSR count). The van der Waals surface area contributed by atoms with Crippen molar-refractivity contribution in [1.82, 2.24) is 4.90 Å². The monoisotopic (exact) mass is 253 g/mol. The number of Topliss-reactive ketones (excluding diaryl/α,β-unsaturated/α-hetero) is 1. The first kappa shape index (κ1) is 13.4. The largest absolute Gasteiger partial charge is 0.444 e. The van der Waals surface area contributed by atoms with Crippen molar-refractivity contribution in [1.29, 1.82) is 0 Å². The molecule has 1 saturated heterocycles. The van der Waals surface area contributed by atoms with Gasteiger partial charge < -0.3 is 9.64 Å². The second kappa shape index (κ2) is 4.90. The molecule has 1 aliphatic heterocycles. The van der Waals surface area contributed by atoms with Gasteiger partial charge in [-0.3, -0.25) is 4.79 Å². The van der Waals surface area contributed by atoms with E-state index < -0.39 is 5.60 Å². The topological polar surface area (TPSA) is 46.6 Å². The Morgan fingerprint density at radius 2 is 1.94 bits per heavy atom. The maximum Gasteiger partial charge on any atom is 0.410 e. The first-order chi connectivity index (χ1) is 8.35. The van der Waals surface area contributed by atoms with Crippen molar-refractivity contribution >= 4 is 11.9 Å². The van der Waals surface area contributed by atoms with E-state index in [4.69, 9.17) is 4.74 Å². The minimum absolute atomic E-state index is 0.234. The second-order valence-electron chi connectivity index (χ2n) is 6.54. The van der Waals surface area contributed by atoms with Crippen LogP contribution in [0, 0.1) is 11.8 Å². The molecule has 18 heavy (non-hydrogen) atoms. The van der Waals surface area contributed by atoms with Crippen LogP contribution in [0.25, 0.3) is 0 Å². The summed E-state index contributed by atoms with van der Waals surface area (Å²) in [6.45, 7) is 7.08. The van der Waals surface area contributed by atoms with Gasteiger partial charge in [-0.2, -0.15) is 0 Å². The fourth-order valence-corrected chi connectivity index (χ4v) is 2.96. The number of hydrogen-bond donors (Lipinski definition) is 0. The van der Waals surface area contributed by atoms with Crippen molar-refractivity contribution < 1.29 is 14.3 Å². The van der Waals surface area contributed by atoms with E-state index in [1.54, 1.807) is 4.90 Å². The molecule has 0 aromatic carbocycles. The molecule has 1 amide bonds. The van der Waals surface area contributed by atoms with Crippen molar-refractivity contribution in [3.8, 4) is 0 Å². The molecule has 1 saturated carbocycles. The number of carbonyl (C=O) groups is 2. The Morgan fingerprint density at radius 1 is 1.28 bits per heavy atom. The second-order valence-corrected chi connectivity index (χ2v) is 6.54. The lowest BCUT2D eigenvalue weighted by Gasteiger charge is -2.28. The van der Waals surface area contributed by atoms with Crippen molar-refractivity contribution in [3.63, 3.8) is 0 Å². The highest BCUT2D eigenvalue weighted by Gasteiger charge is 2.37. The van der Waals surface area contributed by atoms with Gasteiger partial charge in [0.05, 0.1) is 0 Å². The van der Waals surface area contributed by atoms with E-state index in [1.165, 1.54) is 0 Å². The summed E-state index contributed by atoms with van der Waals surface area (Å²) in [4.78, 5) is 25.3. The molecule has 2 aliphatic rings. The standard InChI is InChI=1S/C14H23NO3/c1-14(2,3)18-13(17)15-6-4-5-10-7-12(16)8-11(10)9-15/h10-11H,4-9H2,1-3H3. The molecule has 0 N–H and O–H groups in total. The normalized spacial score (nSPS) is 28.8. The summed E-state index contributed by atoms with van der Waals surface area (Å²) in [6.07, 6.45) is 3.17. The number of likely N-dealkylation sites (tertiary alicyclic amines) is 1. The Hall–Kier alpha value is -1.06. The van der Waals surface area contributed by atoms with Crippen LogP contribution in [0.5, 0.6) is 0 Å². The smallest absolute Gasteiger partial charge is 0.410 e. The van der Waals surface area contributed by atoms with Crippen LogP contribution in [0.3, 0.4) is 0 Å². The summed E-state index contributed by atoms with van der Waals surface area (Å²) in [5.41, 5.74) is -0.450. The number of fused-ring (bicyclic) bond motifs is 1. The highest BCUT2D eigenvalue weighted by molar-refractivity contribution is 5.81. The minimum Gasteiger partial charge on any atom is -0.444 e. The summed E-state index contributed by atoms with van der Waals surface area (Å²) in [7, 11) is 0. The van der Waals surface area contributed by atoms with E-state index in [9.17, 15) is 9.59 Å². The van der Waals surface area contributed by atoms with Crippen LogP contribution in [-0.2, 0) is 9.53 Å². The van der Waals surface area contributed by atoms with Crippen LogP contribution < -0.4 is 0 Å². The molecule has 2 fully saturated rings. The zero-order valence-electron chi connectivity index (χ0n) is 11.6. The average molecular weight is 253 g/mol. The van der Waals surface area contributed by atoms with E-state index in [1.807, 2.05) is 20.8 Å². The molecule has 2 atom stereocenters. The van der Waals surface area contributed by atoms with Gasteiger partial charge in [0.2, 0.25) is 0 Å². The lowest BCUT2D eigenvalue weighted by molar-refractivity contribution is -0.117. The molecule has 1 heterocycles. The molecule has 0 bridgehead atoms. The number of ether oxygens (including phenoxy) is 1. The van der Waals surface area contributed by atoms with Gasteiger partial charge in [-0.25, -0.2) is 4.79 Å². The van der Waals surface area contributed by atoms with Gasteiger partial charge >= 0.3 is 6.09 Å². The quantitative estimate of drug-likeness (QED) is 0.666. The van der Waals surface area contributed by atoms with E-state index >= 15 is 0 Å². The maximum absolute atomic E-state index is 12.1. The lowest BCUT2D eigenvalue weighted by atomic mass is 9.93. The third-order valence-corrected chi connectivity index (χ3v) is 3.76. The Balaban J connectivity index is 1.98. The Labute approximate surface area is 109 Å². The number of ketones is 1. The molecule has 102 valence electrons. The van der Waals surface area contributed by atoms with Crippen molar-refractivity contribution in [2.75, 3.05) is 13.1 Å². The van der Waals surface area contributed by atoms with Crippen LogP contribution in [0.1, 0.15) is 46.5 Å². The molecule has 0 aromatic heterocycles. The molecular formula is C14H23NO3. The highest BCUT2D eigenvalue weighted by atomic mass is 16.6. The van der Waals surface area contributed by atoms with Gasteiger partial charge in [0.15, 0.2) is 0 Å². The fourth-order valence-electron chi connectivity index (χ4n) is 2.96.